The van der Waals surface area contributed by atoms with E-state index in [4.69, 9.17) is 9.84 Å². The molecule has 30 heavy (non-hydrogen) atoms. The van der Waals surface area contributed by atoms with Crippen LogP contribution < -0.4 is 5.32 Å². The molecule has 0 aliphatic heterocycles. The Morgan fingerprint density at radius 1 is 0.900 bits per heavy atom. The number of fused-ring (bicyclic) bond motifs is 3. The summed E-state index contributed by atoms with van der Waals surface area (Å²) in [6.07, 6.45) is -0.716. The Morgan fingerprint density at radius 3 is 1.77 bits per heavy atom. The summed E-state index contributed by atoms with van der Waals surface area (Å²) in [5.74, 6) is -1.19. The van der Waals surface area contributed by atoms with Gasteiger partial charge in [0.1, 0.15) is 13.2 Å². The van der Waals surface area contributed by atoms with Crippen molar-refractivity contribution in [1.29, 1.82) is 0 Å². The second-order valence-corrected chi connectivity index (χ2v) is 10.0. The molecule has 5 nitrogen and oxygen atoms in total. The zero-order valence-electron chi connectivity index (χ0n) is 18.6. The van der Waals surface area contributed by atoms with Crippen LogP contribution in [-0.4, -0.2) is 30.3 Å². The highest BCUT2D eigenvalue weighted by molar-refractivity contribution is 5.80. The molecule has 0 bridgehead atoms. The van der Waals surface area contributed by atoms with Crippen molar-refractivity contribution in [2.24, 2.45) is 0 Å². The van der Waals surface area contributed by atoms with Gasteiger partial charge in [0, 0.05) is 5.92 Å². The third kappa shape index (κ3) is 4.50. The number of nitrogens with one attached hydrogen (secondary N) is 1. The molecule has 2 aromatic carbocycles. The second kappa shape index (κ2) is 7.78. The van der Waals surface area contributed by atoms with Crippen molar-refractivity contribution in [3.63, 3.8) is 0 Å². The molecule has 5 heteroatoms. The maximum absolute atomic E-state index is 12.0. The highest BCUT2D eigenvalue weighted by Crippen LogP contribution is 2.47. The maximum atomic E-state index is 12.0. The van der Waals surface area contributed by atoms with E-state index in [1.807, 2.05) is 0 Å². The van der Waals surface area contributed by atoms with Gasteiger partial charge in [0.25, 0.3) is 0 Å². The number of benzene rings is 2. The molecule has 0 atom stereocenters. The number of ether oxygens (including phenoxy) is 1. The molecule has 0 aromatic heterocycles. The molecule has 1 amide bonds. The summed E-state index contributed by atoms with van der Waals surface area (Å²) in [5.41, 5.74) is 7.09. The molecule has 2 N–H and O–H groups in total. The van der Waals surface area contributed by atoms with Crippen molar-refractivity contribution in [1.82, 2.24) is 5.32 Å². The first-order valence-corrected chi connectivity index (χ1v) is 10.3. The zero-order valence-corrected chi connectivity index (χ0v) is 18.6. The standard InChI is InChI=1S/C25H31NO4/c1-24(2,3)15-7-9-17-18-10-8-16(25(4,5)6)12-20(18)21(19(17)11-15)14-30-23(29)26-13-22(27)28/h7-12,21H,13-14H2,1-6H3,(H,26,29)(H,27,28). The predicted molar refractivity (Wildman–Crippen MR) is 118 cm³/mol. The molecule has 1 aliphatic carbocycles. The van der Waals surface area contributed by atoms with Gasteiger partial charge in [-0.25, -0.2) is 4.79 Å². The Bertz CT molecular complexity index is 916. The number of hydrogen-bond donors (Lipinski definition) is 2. The molecular weight excluding hydrogens is 378 g/mol. The smallest absolute Gasteiger partial charge is 0.407 e. The average molecular weight is 410 g/mol. The lowest BCUT2D eigenvalue weighted by atomic mass is 9.83. The van der Waals surface area contributed by atoms with Gasteiger partial charge in [0.2, 0.25) is 0 Å². The van der Waals surface area contributed by atoms with Gasteiger partial charge in [-0.1, -0.05) is 77.9 Å². The van der Waals surface area contributed by atoms with E-state index in [0.29, 0.717) is 0 Å². The molecule has 0 heterocycles. The SMILES string of the molecule is CC(C)(C)c1ccc2c(c1)C(COC(=O)NCC(=O)O)c1cc(C(C)(C)C)ccc1-2. The molecule has 0 saturated heterocycles. The Labute approximate surface area is 178 Å². The van der Waals surface area contributed by atoms with Gasteiger partial charge >= 0.3 is 12.1 Å². The van der Waals surface area contributed by atoms with E-state index in [2.05, 4.69) is 83.3 Å². The molecule has 0 spiro atoms. The Hall–Kier alpha value is -2.82. The molecule has 3 rings (SSSR count). The van der Waals surface area contributed by atoms with Crippen LogP contribution in [0.3, 0.4) is 0 Å². The third-order valence-corrected chi connectivity index (χ3v) is 5.64. The topological polar surface area (TPSA) is 75.6 Å². The number of alkyl carbamates (subject to hydrolysis) is 1. The molecule has 0 unspecified atom stereocenters. The largest absolute Gasteiger partial charge is 0.480 e. The van der Waals surface area contributed by atoms with Crippen LogP contribution in [0.4, 0.5) is 4.79 Å². The lowest BCUT2D eigenvalue weighted by Crippen LogP contribution is -2.30. The molecule has 0 radical (unpaired) electrons. The number of amides is 1. The average Bonchev–Trinajstić information content (AvgIpc) is 2.95. The number of hydrogen-bond acceptors (Lipinski definition) is 3. The van der Waals surface area contributed by atoms with Crippen molar-refractivity contribution in [3.05, 3.63) is 58.7 Å². The van der Waals surface area contributed by atoms with Crippen molar-refractivity contribution < 1.29 is 19.4 Å². The molecule has 1 aliphatic rings. The van der Waals surface area contributed by atoms with Gasteiger partial charge in [-0.15, -0.1) is 0 Å². The molecule has 2 aromatic rings. The quantitative estimate of drug-likeness (QED) is 0.727. The van der Waals surface area contributed by atoms with Crippen LogP contribution in [0.1, 0.15) is 69.7 Å². The first-order valence-electron chi connectivity index (χ1n) is 10.3. The molecule has 0 saturated carbocycles. The lowest BCUT2D eigenvalue weighted by molar-refractivity contribution is -0.135. The lowest BCUT2D eigenvalue weighted by Gasteiger charge is -2.22. The van der Waals surface area contributed by atoms with Crippen LogP contribution in [0.25, 0.3) is 11.1 Å². The number of rotatable bonds is 4. The van der Waals surface area contributed by atoms with Gasteiger partial charge in [0.15, 0.2) is 0 Å². The first kappa shape index (κ1) is 21.9. The van der Waals surface area contributed by atoms with Crippen LogP contribution in [0.2, 0.25) is 0 Å². The minimum atomic E-state index is -1.10. The van der Waals surface area contributed by atoms with E-state index in [1.165, 1.54) is 11.1 Å². The number of aliphatic carboxylic acids is 1. The van der Waals surface area contributed by atoms with Gasteiger partial charge in [-0.3, -0.25) is 4.79 Å². The highest BCUT2D eigenvalue weighted by Gasteiger charge is 2.32. The Morgan fingerprint density at radius 2 is 1.37 bits per heavy atom. The summed E-state index contributed by atoms with van der Waals surface area (Å²) in [7, 11) is 0. The van der Waals surface area contributed by atoms with Crippen molar-refractivity contribution in [3.8, 4) is 11.1 Å². The van der Waals surface area contributed by atoms with Crippen LogP contribution in [0.5, 0.6) is 0 Å². The van der Waals surface area contributed by atoms with E-state index < -0.39 is 18.6 Å². The van der Waals surface area contributed by atoms with E-state index in [-0.39, 0.29) is 23.4 Å². The summed E-state index contributed by atoms with van der Waals surface area (Å²) < 4.78 is 5.43. The number of carbonyl (C=O) groups is 2. The summed E-state index contributed by atoms with van der Waals surface area (Å²) in [6, 6.07) is 13.1. The van der Waals surface area contributed by atoms with Crippen LogP contribution in [0.15, 0.2) is 36.4 Å². The predicted octanol–water partition coefficient (Wildman–Crippen LogP) is 5.20. The van der Waals surface area contributed by atoms with Crippen LogP contribution in [-0.2, 0) is 20.4 Å². The van der Waals surface area contributed by atoms with Gasteiger partial charge in [-0.05, 0) is 44.2 Å². The normalized spacial score (nSPS) is 13.5. The Kier molecular flexibility index (Phi) is 5.68. The van der Waals surface area contributed by atoms with Crippen LogP contribution in [0, 0.1) is 0 Å². The third-order valence-electron chi connectivity index (χ3n) is 5.64. The van der Waals surface area contributed by atoms with E-state index >= 15 is 0 Å². The molecule has 0 fully saturated rings. The number of carboxylic acids is 1. The van der Waals surface area contributed by atoms with Crippen molar-refractivity contribution in [2.75, 3.05) is 13.2 Å². The summed E-state index contributed by atoms with van der Waals surface area (Å²) in [4.78, 5) is 22.7. The van der Waals surface area contributed by atoms with E-state index in [9.17, 15) is 9.59 Å². The monoisotopic (exact) mass is 409 g/mol. The number of carbonyl (C=O) groups excluding carboxylic acids is 1. The van der Waals surface area contributed by atoms with Gasteiger partial charge in [0.05, 0.1) is 0 Å². The zero-order chi connectivity index (χ0) is 22.3. The minimum Gasteiger partial charge on any atom is -0.480 e. The minimum absolute atomic E-state index is 0.00461. The number of carboxylic acid groups (broad SMARTS) is 1. The fraction of sp³-hybridized carbons (Fsp3) is 0.440. The van der Waals surface area contributed by atoms with Gasteiger partial charge < -0.3 is 15.2 Å². The van der Waals surface area contributed by atoms with Gasteiger partial charge in [-0.2, -0.15) is 0 Å². The fourth-order valence-corrected chi connectivity index (χ4v) is 3.83. The fourth-order valence-electron chi connectivity index (χ4n) is 3.83. The summed E-state index contributed by atoms with van der Waals surface area (Å²) in [5, 5.41) is 11.0. The summed E-state index contributed by atoms with van der Waals surface area (Å²) >= 11 is 0. The maximum Gasteiger partial charge on any atom is 0.407 e. The van der Waals surface area contributed by atoms with Crippen molar-refractivity contribution in [2.45, 2.75) is 58.3 Å². The first-order chi connectivity index (χ1) is 13.9. The molecular formula is C25H31NO4. The van der Waals surface area contributed by atoms with Crippen LogP contribution >= 0.6 is 0 Å². The molecule has 160 valence electrons. The van der Waals surface area contributed by atoms with E-state index in [1.54, 1.807) is 0 Å². The highest BCUT2D eigenvalue weighted by atomic mass is 16.5. The second-order valence-electron chi connectivity index (χ2n) is 10.0. The Balaban J connectivity index is 1.99. The van der Waals surface area contributed by atoms with Crippen molar-refractivity contribution >= 4 is 12.1 Å². The van der Waals surface area contributed by atoms with E-state index in [0.717, 1.165) is 22.3 Å². The summed E-state index contributed by atoms with van der Waals surface area (Å²) in [6.45, 7) is 12.8.